The van der Waals surface area contributed by atoms with Crippen LogP contribution in [0, 0.1) is 0 Å². The first kappa shape index (κ1) is 30.5. The van der Waals surface area contributed by atoms with Gasteiger partial charge in [0.1, 0.15) is 17.5 Å². The van der Waals surface area contributed by atoms with Crippen LogP contribution in [0.2, 0.25) is 0 Å². The Labute approximate surface area is 259 Å². The van der Waals surface area contributed by atoms with Crippen LogP contribution in [-0.4, -0.2) is 91.2 Å². The van der Waals surface area contributed by atoms with Gasteiger partial charge in [-0.25, -0.2) is 0 Å². The topological polar surface area (TPSA) is 77.6 Å². The van der Waals surface area contributed by atoms with Gasteiger partial charge in [-0.15, -0.1) is 0 Å². The molecule has 0 bridgehead atoms. The molecule has 0 radical (unpaired) electrons. The Morgan fingerprint density at radius 3 is 2.07 bits per heavy atom. The maximum absolute atomic E-state index is 13.8. The molecule has 43 heavy (non-hydrogen) atoms. The molecule has 1 N–H and O–H groups in total. The number of thiocarbonyl (C=S) groups is 1. The Morgan fingerprint density at radius 2 is 1.44 bits per heavy atom. The van der Waals surface area contributed by atoms with Crippen LogP contribution in [0.3, 0.4) is 0 Å². The largest absolute Gasteiger partial charge is 0.497 e. The third-order valence-electron chi connectivity index (χ3n) is 7.99. The Morgan fingerprint density at radius 1 is 0.837 bits per heavy atom. The zero-order chi connectivity index (χ0) is 30.2. The molecule has 0 saturated carbocycles. The molecular formula is C33H39N5O4S. The van der Waals surface area contributed by atoms with Gasteiger partial charge in [0.15, 0.2) is 5.11 Å². The summed E-state index contributed by atoms with van der Waals surface area (Å²) in [5, 5.41) is 3.33. The summed E-state index contributed by atoms with van der Waals surface area (Å²) in [5.41, 5.74) is 2.64. The van der Waals surface area contributed by atoms with Crippen molar-refractivity contribution in [2.75, 3.05) is 63.7 Å². The number of hydrogen-bond acceptors (Lipinski definition) is 7. The van der Waals surface area contributed by atoms with Crippen molar-refractivity contribution in [1.29, 1.82) is 0 Å². The fraction of sp³-hybridized carbons (Fsp3) is 0.364. The lowest BCUT2D eigenvalue weighted by molar-refractivity contribution is -0.124. The van der Waals surface area contributed by atoms with E-state index in [-0.39, 0.29) is 18.2 Å². The molecule has 2 saturated heterocycles. The van der Waals surface area contributed by atoms with E-state index in [1.54, 1.807) is 55.5 Å². The number of methoxy groups -OCH3 is 2. The van der Waals surface area contributed by atoms with E-state index in [4.69, 9.17) is 21.7 Å². The molecule has 10 heteroatoms. The van der Waals surface area contributed by atoms with Gasteiger partial charge in [-0.05, 0) is 79.3 Å². The molecule has 0 spiro atoms. The van der Waals surface area contributed by atoms with Gasteiger partial charge in [-0.3, -0.25) is 19.4 Å². The van der Waals surface area contributed by atoms with Crippen molar-refractivity contribution in [1.82, 2.24) is 14.7 Å². The van der Waals surface area contributed by atoms with Crippen LogP contribution in [-0.2, 0) is 16.1 Å². The SMILES string of the molecule is COc1ccc(NC(=O)C[C@H]2C(=O)N(c3ccc(OC)cc3)C(=S)N2CCCN2CCN(Cc3ccccc3)CC2)cc1. The fourth-order valence-corrected chi connectivity index (χ4v) is 6.01. The number of benzene rings is 3. The Hall–Kier alpha value is -3.99. The third kappa shape index (κ3) is 7.70. The first-order valence-corrected chi connectivity index (χ1v) is 15.1. The minimum atomic E-state index is -0.685. The maximum atomic E-state index is 13.8. The molecule has 9 nitrogen and oxygen atoms in total. The number of carbonyl (C=O) groups excluding carboxylic acids is 2. The van der Waals surface area contributed by atoms with Crippen molar-refractivity contribution in [3.63, 3.8) is 0 Å². The average Bonchev–Trinajstić information content (AvgIpc) is 3.26. The second kappa shape index (κ2) is 14.5. The van der Waals surface area contributed by atoms with Gasteiger partial charge in [0.25, 0.3) is 5.91 Å². The molecule has 0 unspecified atom stereocenters. The van der Waals surface area contributed by atoms with E-state index in [9.17, 15) is 9.59 Å². The average molecular weight is 602 g/mol. The molecule has 2 fully saturated rings. The minimum Gasteiger partial charge on any atom is -0.497 e. The predicted molar refractivity (Wildman–Crippen MR) is 173 cm³/mol. The van der Waals surface area contributed by atoms with Crippen LogP contribution >= 0.6 is 12.2 Å². The first-order chi connectivity index (χ1) is 20.9. The number of rotatable bonds is 12. The molecule has 5 rings (SSSR count). The lowest BCUT2D eigenvalue weighted by Crippen LogP contribution is -2.47. The highest BCUT2D eigenvalue weighted by Gasteiger charge is 2.44. The highest BCUT2D eigenvalue weighted by molar-refractivity contribution is 7.80. The van der Waals surface area contributed by atoms with Gasteiger partial charge in [-0.1, -0.05) is 30.3 Å². The fourth-order valence-electron chi connectivity index (χ4n) is 5.60. The van der Waals surface area contributed by atoms with Crippen molar-refractivity contribution in [3.05, 3.63) is 84.4 Å². The van der Waals surface area contributed by atoms with Crippen molar-refractivity contribution in [2.24, 2.45) is 0 Å². The standard InChI is InChI=1S/C33H39N5O4S/c1-41-28-13-9-26(10-14-28)34-31(39)23-30-32(40)38(27-11-15-29(42-2)16-12-27)33(43)37(30)18-6-17-35-19-21-36(22-20-35)24-25-7-4-3-5-8-25/h3-5,7-16,30H,6,17-24H2,1-2H3,(H,34,39)/t30-/m0/s1. The number of nitrogens with one attached hydrogen (secondary N) is 1. The summed E-state index contributed by atoms with van der Waals surface area (Å²) in [4.78, 5) is 35.3. The lowest BCUT2D eigenvalue weighted by atomic mass is 10.1. The van der Waals surface area contributed by atoms with Crippen LogP contribution in [0.1, 0.15) is 18.4 Å². The van der Waals surface area contributed by atoms with Gasteiger partial charge in [0, 0.05) is 45.0 Å². The molecule has 226 valence electrons. The van der Waals surface area contributed by atoms with E-state index in [1.807, 2.05) is 17.0 Å². The van der Waals surface area contributed by atoms with Crippen LogP contribution in [0.5, 0.6) is 11.5 Å². The maximum Gasteiger partial charge on any atom is 0.256 e. The monoisotopic (exact) mass is 601 g/mol. The number of hydrogen-bond donors (Lipinski definition) is 1. The van der Waals surface area contributed by atoms with Crippen LogP contribution in [0.4, 0.5) is 11.4 Å². The number of ether oxygens (including phenoxy) is 2. The summed E-state index contributed by atoms with van der Waals surface area (Å²) in [6.07, 6.45) is 0.828. The van der Waals surface area contributed by atoms with E-state index in [2.05, 4.69) is 45.4 Å². The zero-order valence-electron chi connectivity index (χ0n) is 24.8. The summed E-state index contributed by atoms with van der Waals surface area (Å²) in [6.45, 7) is 6.51. The minimum absolute atomic E-state index is 0.00415. The van der Waals surface area contributed by atoms with Gasteiger partial charge in [-0.2, -0.15) is 0 Å². The second-order valence-corrected chi connectivity index (χ2v) is 11.2. The molecule has 1 atom stereocenters. The summed E-state index contributed by atoms with van der Waals surface area (Å²) >= 11 is 5.85. The highest BCUT2D eigenvalue weighted by Crippen LogP contribution is 2.29. The van der Waals surface area contributed by atoms with Crippen molar-refractivity contribution in [2.45, 2.75) is 25.4 Å². The van der Waals surface area contributed by atoms with Gasteiger partial charge >= 0.3 is 0 Å². The van der Waals surface area contributed by atoms with Crippen LogP contribution in [0.15, 0.2) is 78.9 Å². The van der Waals surface area contributed by atoms with Gasteiger partial charge in [0.2, 0.25) is 5.91 Å². The predicted octanol–water partition coefficient (Wildman–Crippen LogP) is 4.24. The number of nitrogens with zero attached hydrogens (tertiary/aromatic N) is 4. The molecular weight excluding hydrogens is 562 g/mol. The number of piperazine rings is 1. The zero-order valence-corrected chi connectivity index (χ0v) is 25.6. The molecule has 2 aliphatic rings. The van der Waals surface area contributed by atoms with E-state index < -0.39 is 6.04 Å². The van der Waals surface area contributed by atoms with E-state index in [1.165, 1.54) is 5.56 Å². The number of carbonyl (C=O) groups is 2. The second-order valence-electron chi connectivity index (χ2n) is 10.8. The molecule has 0 aliphatic carbocycles. The first-order valence-electron chi connectivity index (χ1n) is 14.7. The molecule has 3 aromatic carbocycles. The number of anilines is 2. The highest BCUT2D eigenvalue weighted by atomic mass is 32.1. The van der Waals surface area contributed by atoms with Crippen LogP contribution < -0.4 is 19.7 Å². The summed E-state index contributed by atoms with van der Waals surface area (Å²) < 4.78 is 10.5. The van der Waals surface area contributed by atoms with E-state index in [0.717, 1.165) is 45.7 Å². The summed E-state index contributed by atoms with van der Waals surface area (Å²) in [6, 6.07) is 24.2. The lowest BCUT2D eigenvalue weighted by Gasteiger charge is -2.35. The summed E-state index contributed by atoms with van der Waals surface area (Å²) in [5.74, 6) is 0.947. The van der Waals surface area contributed by atoms with Gasteiger partial charge in [0.05, 0.1) is 26.3 Å². The Kier molecular flexibility index (Phi) is 10.2. The quantitative estimate of drug-likeness (QED) is 0.309. The molecule has 3 aromatic rings. The van der Waals surface area contributed by atoms with Crippen molar-refractivity contribution >= 4 is 40.5 Å². The van der Waals surface area contributed by atoms with E-state index in [0.29, 0.717) is 34.5 Å². The van der Waals surface area contributed by atoms with Crippen molar-refractivity contribution in [3.8, 4) is 11.5 Å². The molecule has 2 aliphatic heterocycles. The van der Waals surface area contributed by atoms with E-state index >= 15 is 0 Å². The summed E-state index contributed by atoms with van der Waals surface area (Å²) in [7, 11) is 3.19. The van der Waals surface area contributed by atoms with Gasteiger partial charge < -0.3 is 24.6 Å². The van der Waals surface area contributed by atoms with Crippen molar-refractivity contribution < 1.29 is 19.1 Å². The molecule has 0 aromatic heterocycles. The van der Waals surface area contributed by atoms with Crippen LogP contribution in [0.25, 0.3) is 0 Å². The Balaban J connectivity index is 1.21. The molecule has 2 heterocycles. The smallest absolute Gasteiger partial charge is 0.256 e. The number of amides is 2. The molecule has 2 amide bonds. The normalized spacial score (nSPS) is 17.8. The third-order valence-corrected chi connectivity index (χ3v) is 8.41. The Bertz CT molecular complexity index is 1380.